The second kappa shape index (κ2) is 5.96. The summed E-state index contributed by atoms with van der Waals surface area (Å²) >= 11 is 0. The van der Waals surface area contributed by atoms with Crippen LogP contribution in [0.2, 0.25) is 0 Å². The van der Waals surface area contributed by atoms with Gasteiger partial charge in [0.1, 0.15) is 0 Å². The molecule has 2 N–H and O–H groups in total. The van der Waals surface area contributed by atoms with E-state index in [1.807, 2.05) is 13.2 Å². The highest BCUT2D eigenvalue weighted by Crippen LogP contribution is 1.97. The Kier molecular flexibility index (Phi) is 4.89. The topological polar surface area (TPSA) is 54.8 Å². The van der Waals surface area contributed by atoms with Gasteiger partial charge < -0.3 is 10.6 Å². The van der Waals surface area contributed by atoms with Gasteiger partial charge in [-0.2, -0.15) is 0 Å². The zero-order valence-electron chi connectivity index (χ0n) is 10.7. The van der Waals surface area contributed by atoms with Crippen LogP contribution in [-0.2, 0) is 13.6 Å². The van der Waals surface area contributed by atoms with Crippen LogP contribution in [0.1, 0.15) is 32.9 Å². The molecule has 0 atom stereocenters. The van der Waals surface area contributed by atoms with Crippen molar-refractivity contribution in [3.05, 3.63) is 11.9 Å². The molecule has 0 radical (unpaired) electrons. The quantitative estimate of drug-likeness (QED) is 0.699. The van der Waals surface area contributed by atoms with E-state index in [1.165, 1.54) is 0 Å². The molecule has 0 fully saturated rings. The minimum absolute atomic E-state index is 0.213. The molecule has 92 valence electrons. The van der Waals surface area contributed by atoms with E-state index in [0.717, 1.165) is 31.7 Å². The minimum Gasteiger partial charge on any atom is -0.312 e. The summed E-state index contributed by atoms with van der Waals surface area (Å²) in [5.41, 5.74) is 1.21. The van der Waals surface area contributed by atoms with Crippen LogP contribution in [-0.4, -0.2) is 33.6 Å². The Balaban J connectivity index is 2.00. The summed E-state index contributed by atoms with van der Waals surface area (Å²) in [6, 6.07) is 0. The van der Waals surface area contributed by atoms with Crippen LogP contribution < -0.4 is 10.6 Å². The Hall–Kier alpha value is -0.940. The highest BCUT2D eigenvalue weighted by molar-refractivity contribution is 4.90. The molecule has 1 heterocycles. The maximum atomic E-state index is 4.01. The Morgan fingerprint density at radius 3 is 2.62 bits per heavy atom. The zero-order chi connectivity index (χ0) is 12.0. The first kappa shape index (κ1) is 13.1. The Labute approximate surface area is 97.6 Å². The summed E-state index contributed by atoms with van der Waals surface area (Å²) < 4.78 is 1.72. The SMILES string of the molecule is Cn1cc(CNCCCNC(C)(C)C)nn1. The Bertz CT molecular complexity index is 300. The summed E-state index contributed by atoms with van der Waals surface area (Å²) in [5.74, 6) is 0. The second-order valence-electron chi connectivity index (χ2n) is 5.09. The van der Waals surface area contributed by atoms with Crippen LogP contribution >= 0.6 is 0 Å². The van der Waals surface area contributed by atoms with E-state index in [0.29, 0.717) is 0 Å². The van der Waals surface area contributed by atoms with Gasteiger partial charge in [0.15, 0.2) is 0 Å². The van der Waals surface area contributed by atoms with E-state index < -0.39 is 0 Å². The second-order valence-corrected chi connectivity index (χ2v) is 5.09. The third-order valence-electron chi connectivity index (χ3n) is 2.14. The minimum atomic E-state index is 0.213. The lowest BCUT2D eigenvalue weighted by atomic mass is 10.1. The fourth-order valence-corrected chi connectivity index (χ4v) is 1.37. The molecule has 0 aromatic carbocycles. The van der Waals surface area contributed by atoms with Crippen LogP contribution in [0.25, 0.3) is 0 Å². The largest absolute Gasteiger partial charge is 0.312 e. The van der Waals surface area contributed by atoms with Crippen molar-refractivity contribution in [3.63, 3.8) is 0 Å². The van der Waals surface area contributed by atoms with Gasteiger partial charge in [-0.25, -0.2) is 0 Å². The molecular weight excluding hydrogens is 202 g/mol. The van der Waals surface area contributed by atoms with E-state index in [1.54, 1.807) is 4.68 Å². The smallest absolute Gasteiger partial charge is 0.0964 e. The van der Waals surface area contributed by atoms with Crippen LogP contribution in [0.3, 0.4) is 0 Å². The van der Waals surface area contributed by atoms with Gasteiger partial charge in [-0.1, -0.05) is 5.21 Å². The van der Waals surface area contributed by atoms with E-state index in [-0.39, 0.29) is 5.54 Å². The van der Waals surface area contributed by atoms with Crippen molar-refractivity contribution in [2.45, 2.75) is 39.3 Å². The maximum Gasteiger partial charge on any atom is 0.0964 e. The van der Waals surface area contributed by atoms with Gasteiger partial charge >= 0.3 is 0 Å². The highest BCUT2D eigenvalue weighted by Gasteiger charge is 2.06. The first-order chi connectivity index (χ1) is 7.47. The van der Waals surface area contributed by atoms with Crippen molar-refractivity contribution < 1.29 is 0 Å². The Morgan fingerprint density at radius 1 is 1.31 bits per heavy atom. The van der Waals surface area contributed by atoms with E-state index in [4.69, 9.17) is 0 Å². The number of aryl methyl sites for hydroxylation is 1. The van der Waals surface area contributed by atoms with Crippen molar-refractivity contribution in [2.75, 3.05) is 13.1 Å². The maximum absolute atomic E-state index is 4.01. The van der Waals surface area contributed by atoms with Crippen LogP contribution in [0.5, 0.6) is 0 Å². The number of aromatic nitrogens is 3. The fourth-order valence-electron chi connectivity index (χ4n) is 1.37. The zero-order valence-corrected chi connectivity index (χ0v) is 10.7. The fraction of sp³-hybridized carbons (Fsp3) is 0.818. The van der Waals surface area contributed by atoms with E-state index in [2.05, 4.69) is 41.7 Å². The summed E-state index contributed by atoms with van der Waals surface area (Å²) in [5, 5.41) is 14.7. The van der Waals surface area contributed by atoms with Gasteiger partial charge in [0, 0.05) is 25.3 Å². The molecule has 0 amide bonds. The van der Waals surface area contributed by atoms with Crippen LogP contribution in [0, 0.1) is 0 Å². The lowest BCUT2D eigenvalue weighted by Gasteiger charge is -2.20. The molecular formula is C11H23N5. The lowest BCUT2D eigenvalue weighted by molar-refractivity contribution is 0.418. The van der Waals surface area contributed by atoms with Gasteiger partial charge in [0.25, 0.3) is 0 Å². The van der Waals surface area contributed by atoms with Crippen LogP contribution in [0.4, 0.5) is 0 Å². The molecule has 5 heteroatoms. The van der Waals surface area contributed by atoms with Gasteiger partial charge in [0.2, 0.25) is 0 Å². The third kappa shape index (κ3) is 5.82. The standard InChI is InChI=1S/C11H23N5/c1-11(2,3)13-7-5-6-12-8-10-9-16(4)15-14-10/h9,12-13H,5-8H2,1-4H3. The molecule has 0 aliphatic carbocycles. The van der Waals surface area contributed by atoms with Crippen molar-refractivity contribution in [1.29, 1.82) is 0 Å². The summed E-state index contributed by atoms with van der Waals surface area (Å²) in [6.07, 6.45) is 3.05. The molecule has 0 aliphatic rings. The number of hydrogen-bond acceptors (Lipinski definition) is 4. The van der Waals surface area contributed by atoms with Crippen molar-refractivity contribution in [3.8, 4) is 0 Å². The molecule has 1 aromatic heterocycles. The van der Waals surface area contributed by atoms with Crippen molar-refractivity contribution in [2.24, 2.45) is 7.05 Å². The number of nitrogens with one attached hydrogen (secondary N) is 2. The molecule has 0 bridgehead atoms. The molecule has 0 unspecified atom stereocenters. The van der Waals surface area contributed by atoms with Gasteiger partial charge in [-0.3, -0.25) is 4.68 Å². The third-order valence-corrected chi connectivity index (χ3v) is 2.14. The van der Waals surface area contributed by atoms with E-state index >= 15 is 0 Å². The van der Waals surface area contributed by atoms with Crippen molar-refractivity contribution in [1.82, 2.24) is 25.6 Å². The van der Waals surface area contributed by atoms with Gasteiger partial charge in [-0.15, -0.1) is 5.10 Å². The molecule has 0 saturated heterocycles. The highest BCUT2D eigenvalue weighted by atomic mass is 15.4. The van der Waals surface area contributed by atoms with Crippen LogP contribution in [0.15, 0.2) is 6.20 Å². The van der Waals surface area contributed by atoms with E-state index in [9.17, 15) is 0 Å². The normalized spacial score (nSPS) is 12.0. The molecule has 5 nitrogen and oxygen atoms in total. The average Bonchev–Trinajstić information content (AvgIpc) is 2.56. The molecule has 0 saturated carbocycles. The number of rotatable bonds is 6. The summed E-state index contributed by atoms with van der Waals surface area (Å²) in [4.78, 5) is 0. The molecule has 1 rings (SSSR count). The predicted molar refractivity (Wildman–Crippen MR) is 65.1 cm³/mol. The average molecular weight is 225 g/mol. The Morgan fingerprint density at radius 2 is 2.06 bits per heavy atom. The first-order valence-corrected chi connectivity index (χ1v) is 5.78. The lowest BCUT2D eigenvalue weighted by Crippen LogP contribution is -2.37. The summed E-state index contributed by atoms with van der Waals surface area (Å²) in [6.45, 7) is 9.37. The van der Waals surface area contributed by atoms with Gasteiger partial charge in [0.05, 0.1) is 5.69 Å². The summed E-state index contributed by atoms with van der Waals surface area (Å²) in [7, 11) is 1.88. The molecule has 0 spiro atoms. The number of nitrogens with zero attached hydrogens (tertiary/aromatic N) is 3. The molecule has 1 aromatic rings. The molecule has 16 heavy (non-hydrogen) atoms. The van der Waals surface area contributed by atoms with Gasteiger partial charge in [-0.05, 0) is 40.3 Å². The van der Waals surface area contributed by atoms with Crippen molar-refractivity contribution >= 4 is 0 Å². The monoisotopic (exact) mass is 225 g/mol. The molecule has 0 aliphatic heterocycles. The predicted octanol–water partition coefficient (Wildman–Crippen LogP) is 0.683. The number of hydrogen-bond donors (Lipinski definition) is 2. The first-order valence-electron chi connectivity index (χ1n) is 5.78.